The van der Waals surface area contributed by atoms with Crippen molar-refractivity contribution in [2.24, 2.45) is 11.3 Å². The molecule has 0 N–H and O–H groups in total. The van der Waals surface area contributed by atoms with Crippen LogP contribution in [-0.2, 0) is 9.31 Å². The number of hydrogen-bond acceptors (Lipinski definition) is 2. The molecule has 0 bridgehead atoms. The quantitative estimate of drug-likeness (QED) is 0.654. The fraction of sp³-hybridized carbons (Fsp3) is 0.875. The highest BCUT2D eigenvalue weighted by molar-refractivity contribution is 6.51. The zero-order valence-corrected chi connectivity index (χ0v) is 13.7. The fourth-order valence-electron chi connectivity index (χ4n) is 3.50. The van der Waals surface area contributed by atoms with E-state index in [-0.39, 0.29) is 18.3 Å². The van der Waals surface area contributed by atoms with Gasteiger partial charge in [-0.2, -0.15) is 0 Å². The molecule has 0 aromatic carbocycles. The van der Waals surface area contributed by atoms with Crippen molar-refractivity contribution < 1.29 is 9.31 Å². The van der Waals surface area contributed by atoms with Gasteiger partial charge in [0.15, 0.2) is 0 Å². The molecule has 1 aliphatic carbocycles. The van der Waals surface area contributed by atoms with Crippen LogP contribution in [0.4, 0.5) is 0 Å². The van der Waals surface area contributed by atoms with Gasteiger partial charge in [-0.1, -0.05) is 32.3 Å². The molecule has 1 unspecified atom stereocenters. The fourth-order valence-corrected chi connectivity index (χ4v) is 3.50. The lowest BCUT2D eigenvalue weighted by Gasteiger charge is -2.35. The topological polar surface area (TPSA) is 18.5 Å². The SMILES string of the molecule is CC1C/C(=C/B2OC(C)(C)C(C)(C)O2)CC(C)(C)C1. The molecule has 2 fully saturated rings. The molecule has 2 nitrogen and oxygen atoms in total. The molecule has 1 heterocycles. The lowest BCUT2D eigenvalue weighted by atomic mass is 9.68. The summed E-state index contributed by atoms with van der Waals surface area (Å²) in [5.74, 6) is 2.99. The summed E-state index contributed by atoms with van der Waals surface area (Å²) >= 11 is 0. The largest absolute Gasteiger partial charge is 0.487 e. The highest BCUT2D eigenvalue weighted by Gasteiger charge is 2.50. The predicted octanol–water partition coefficient (Wildman–Crippen LogP) is 4.39. The van der Waals surface area contributed by atoms with Crippen molar-refractivity contribution in [3.05, 3.63) is 11.5 Å². The minimum Gasteiger partial charge on any atom is -0.400 e. The van der Waals surface area contributed by atoms with Crippen LogP contribution in [0.25, 0.3) is 0 Å². The Bertz CT molecular complexity index is 366. The summed E-state index contributed by atoms with van der Waals surface area (Å²) in [6.45, 7) is 15.5. The standard InChI is InChI=1S/C16H29BO2/c1-12-8-13(10-14(2,3)9-12)11-17-18-15(4,5)16(6,7)19-17/h11-12H,8-10H2,1-7H3/b13-11-. The third-order valence-electron chi connectivity index (χ3n) is 4.86. The Morgan fingerprint density at radius 3 is 2.05 bits per heavy atom. The lowest BCUT2D eigenvalue weighted by molar-refractivity contribution is 0.00578. The van der Waals surface area contributed by atoms with Gasteiger partial charge in [0.05, 0.1) is 11.2 Å². The Morgan fingerprint density at radius 1 is 1.05 bits per heavy atom. The maximum atomic E-state index is 6.07. The Kier molecular flexibility index (Phi) is 3.68. The molecule has 19 heavy (non-hydrogen) atoms. The second kappa shape index (κ2) is 4.63. The van der Waals surface area contributed by atoms with Gasteiger partial charge in [0, 0.05) is 0 Å². The van der Waals surface area contributed by atoms with Crippen LogP contribution in [0.3, 0.4) is 0 Å². The van der Waals surface area contributed by atoms with E-state index in [0.717, 1.165) is 5.92 Å². The maximum absolute atomic E-state index is 6.07. The second-order valence-corrected chi connectivity index (χ2v) is 8.30. The zero-order chi connectivity index (χ0) is 14.5. The number of hydrogen-bond donors (Lipinski definition) is 0. The normalized spacial score (nSPS) is 34.8. The van der Waals surface area contributed by atoms with Gasteiger partial charge in [-0.3, -0.25) is 0 Å². The maximum Gasteiger partial charge on any atom is 0.487 e. The average molecular weight is 264 g/mol. The third-order valence-corrected chi connectivity index (χ3v) is 4.86. The summed E-state index contributed by atoms with van der Waals surface area (Å²) in [6.07, 6.45) is 3.67. The summed E-state index contributed by atoms with van der Waals surface area (Å²) in [5, 5.41) is 0. The molecule has 1 saturated heterocycles. The molecule has 0 amide bonds. The van der Waals surface area contributed by atoms with E-state index in [2.05, 4.69) is 54.4 Å². The molecule has 0 aromatic heterocycles. The first-order chi connectivity index (χ1) is 8.51. The first-order valence-electron chi connectivity index (χ1n) is 7.56. The molecular formula is C16H29BO2. The molecule has 1 atom stereocenters. The first kappa shape index (κ1) is 15.1. The molecule has 2 aliphatic rings. The summed E-state index contributed by atoms with van der Waals surface area (Å²) in [6, 6.07) is 0. The van der Waals surface area contributed by atoms with E-state index in [1.165, 1.54) is 24.8 Å². The molecule has 0 spiro atoms. The molecule has 3 heteroatoms. The Morgan fingerprint density at radius 2 is 1.58 bits per heavy atom. The van der Waals surface area contributed by atoms with E-state index < -0.39 is 0 Å². The Balaban J connectivity index is 2.11. The monoisotopic (exact) mass is 264 g/mol. The average Bonchev–Trinajstić information content (AvgIpc) is 2.29. The third kappa shape index (κ3) is 3.25. The van der Waals surface area contributed by atoms with Crippen LogP contribution in [0, 0.1) is 11.3 Å². The van der Waals surface area contributed by atoms with Gasteiger partial charge >= 0.3 is 7.12 Å². The van der Waals surface area contributed by atoms with Gasteiger partial charge in [-0.05, 0) is 58.3 Å². The van der Waals surface area contributed by atoms with Gasteiger partial charge in [0.1, 0.15) is 0 Å². The van der Waals surface area contributed by atoms with Crippen LogP contribution < -0.4 is 0 Å². The van der Waals surface area contributed by atoms with Gasteiger partial charge < -0.3 is 9.31 Å². The van der Waals surface area contributed by atoms with Crippen molar-refractivity contribution in [3.8, 4) is 0 Å². The predicted molar refractivity (Wildman–Crippen MR) is 81.0 cm³/mol. The van der Waals surface area contributed by atoms with Crippen LogP contribution in [0.1, 0.15) is 67.7 Å². The van der Waals surface area contributed by atoms with E-state index in [0.29, 0.717) is 5.41 Å². The van der Waals surface area contributed by atoms with Crippen molar-refractivity contribution in [3.63, 3.8) is 0 Å². The molecule has 0 aromatic rings. The highest BCUT2D eigenvalue weighted by atomic mass is 16.7. The zero-order valence-electron chi connectivity index (χ0n) is 13.7. The molecular weight excluding hydrogens is 235 g/mol. The Labute approximate surface area is 119 Å². The number of allylic oxidation sites excluding steroid dienone is 1. The van der Waals surface area contributed by atoms with Crippen molar-refractivity contribution in [2.45, 2.75) is 78.9 Å². The van der Waals surface area contributed by atoms with Crippen LogP contribution in [0.2, 0.25) is 0 Å². The van der Waals surface area contributed by atoms with Crippen LogP contribution in [0.5, 0.6) is 0 Å². The Hall–Kier alpha value is -0.275. The van der Waals surface area contributed by atoms with Gasteiger partial charge in [0.2, 0.25) is 0 Å². The van der Waals surface area contributed by atoms with Gasteiger partial charge in [-0.25, -0.2) is 0 Å². The van der Waals surface area contributed by atoms with E-state index in [1.807, 2.05) is 0 Å². The van der Waals surface area contributed by atoms with Gasteiger partial charge in [0.25, 0.3) is 0 Å². The van der Waals surface area contributed by atoms with Crippen molar-refractivity contribution in [2.75, 3.05) is 0 Å². The molecule has 2 rings (SSSR count). The van der Waals surface area contributed by atoms with Crippen molar-refractivity contribution in [1.82, 2.24) is 0 Å². The summed E-state index contributed by atoms with van der Waals surface area (Å²) in [7, 11) is -0.180. The van der Waals surface area contributed by atoms with E-state index in [9.17, 15) is 0 Å². The summed E-state index contributed by atoms with van der Waals surface area (Å²) in [5.41, 5.74) is 1.45. The highest BCUT2D eigenvalue weighted by Crippen LogP contribution is 2.43. The van der Waals surface area contributed by atoms with Crippen molar-refractivity contribution in [1.29, 1.82) is 0 Å². The summed E-state index contributed by atoms with van der Waals surface area (Å²) < 4.78 is 12.1. The van der Waals surface area contributed by atoms with Crippen molar-refractivity contribution >= 4 is 7.12 Å². The molecule has 108 valence electrons. The smallest absolute Gasteiger partial charge is 0.400 e. The summed E-state index contributed by atoms with van der Waals surface area (Å²) in [4.78, 5) is 0. The molecule has 0 radical (unpaired) electrons. The van der Waals surface area contributed by atoms with Crippen LogP contribution >= 0.6 is 0 Å². The van der Waals surface area contributed by atoms with Crippen LogP contribution in [-0.4, -0.2) is 18.3 Å². The minimum absolute atomic E-state index is 0.180. The lowest BCUT2D eigenvalue weighted by Crippen LogP contribution is -2.41. The van der Waals surface area contributed by atoms with Crippen LogP contribution in [0.15, 0.2) is 11.5 Å². The second-order valence-electron chi connectivity index (χ2n) is 8.30. The van der Waals surface area contributed by atoms with E-state index >= 15 is 0 Å². The van der Waals surface area contributed by atoms with Gasteiger partial charge in [-0.15, -0.1) is 0 Å². The van der Waals surface area contributed by atoms with E-state index in [4.69, 9.17) is 9.31 Å². The molecule has 1 aliphatic heterocycles. The molecule has 1 saturated carbocycles. The van der Waals surface area contributed by atoms with E-state index in [1.54, 1.807) is 0 Å². The minimum atomic E-state index is -0.232. The number of rotatable bonds is 1. The first-order valence-corrected chi connectivity index (χ1v) is 7.56.